The molecule has 0 fully saturated rings. The third kappa shape index (κ3) is 3.87. The second-order valence-corrected chi connectivity index (χ2v) is 4.20. The molecule has 100 valence electrons. The highest BCUT2D eigenvalue weighted by atomic mass is 15.1. The molecule has 2 rings (SSSR count). The Morgan fingerprint density at radius 2 is 1.95 bits per heavy atom. The summed E-state index contributed by atoms with van der Waals surface area (Å²) in [6.07, 6.45) is 1.76. The number of rotatable bonds is 5. The van der Waals surface area contributed by atoms with Gasteiger partial charge in [-0.15, -0.1) is 0 Å². The van der Waals surface area contributed by atoms with Gasteiger partial charge in [0.2, 0.25) is 5.95 Å². The highest BCUT2D eigenvalue weighted by molar-refractivity contribution is 5.42. The maximum absolute atomic E-state index is 4.38. The van der Waals surface area contributed by atoms with Gasteiger partial charge in [-0.3, -0.25) is 0 Å². The molecule has 0 aliphatic heterocycles. The summed E-state index contributed by atoms with van der Waals surface area (Å²) >= 11 is 0. The molecular weight excluding hydrogens is 240 g/mol. The van der Waals surface area contributed by atoms with Crippen LogP contribution in [0.2, 0.25) is 0 Å². The van der Waals surface area contributed by atoms with E-state index in [4.69, 9.17) is 0 Å². The minimum Gasteiger partial charge on any atom is -0.364 e. The van der Waals surface area contributed by atoms with Gasteiger partial charge in [0.25, 0.3) is 0 Å². The van der Waals surface area contributed by atoms with Crippen molar-refractivity contribution >= 4 is 11.8 Å². The monoisotopic (exact) mass is 258 g/mol. The van der Waals surface area contributed by atoms with Crippen molar-refractivity contribution in [1.82, 2.24) is 19.9 Å². The van der Waals surface area contributed by atoms with E-state index in [1.54, 1.807) is 6.20 Å². The molecule has 6 nitrogen and oxygen atoms in total. The first kappa shape index (κ1) is 13.2. The van der Waals surface area contributed by atoms with Crippen molar-refractivity contribution in [3.63, 3.8) is 0 Å². The number of anilines is 2. The average molecular weight is 258 g/mol. The van der Waals surface area contributed by atoms with Crippen molar-refractivity contribution < 1.29 is 0 Å². The Kier molecular flexibility index (Phi) is 4.22. The summed E-state index contributed by atoms with van der Waals surface area (Å²) < 4.78 is 0. The molecule has 0 aliphatic rings. The van der Waals surface area contributed by atoms with Crippen LogP contribution in [0.4, 0.5) is 11.8 Å². The number of aryl methyl sites for hydroxylation is 2. The summed E-state index contributed by atoms with van der Waals surface area (Å²) in [5, 5.41) is 6.35. The third-order valence-corrected chi connectivity index (χ3v) is 2.47. The van der Waals surface area contributed by atoms with Gasteiger partial charge in [0.1, 0.15) is 11.6 Å². The van der Waals surface area contributed by atoms with Crippen LogP contribution in [0.5, 0.6) is 0 Å². The van der Waals surface area contributed by atoms with Crippen molar-refractivity contribution in [3.8, 4) is 0 Å². The van der Waals surface area contributed by atoms with Crippen LogP contribution in [0.15, 0.2) is 18.3 Å². The fourth-order valence-corrected chi connectivity index (χ4v) is 1.68. The topological polar surface area (TPSA) is 75.6 Å². The van der Waals surface area contributed by atoms with E-state index in [9.17, 15) is 0 Å². The maximum Gasteiger partial charge on any atom is 0.224 e. The van der Waals surface area contributed by atoms with Gasteiger partial charge in [0.15, 0.2) is 0 Å². The van der Waals surface area contributed by atoms with Gasteiger partial charge in [-0.1, -0.05) is 0 Å². The molecule has 0 aromatic carbocycles. The van der Waals surface area contributed by atoms with E-state index in [0.717, 1.165) is 29.6 Å². The molecule has 0 aliphatic carbocycles. The number of nitrogens with zero attached hydrogens (tertiary/aromatic N) is 4. The first-order chi connectivity index (χ1) is 9.17. The van der Waals surface area contributed by atoms with Crippen molar-refractivity contribution in [1.29, 1.82) is 0 Å². The highest BCUT2D eigenvalue weighted by Gasteiger charge is 2.02. The highest BCUT2D eigenvalue weighted by Crippen LogP contribution is 2.10. The molecule has 0 saturated heterocycles. The zero-order valence-corrected chi connectivity index (χ0v) is 11.4. The fourth-order valence-electron chi connectivity index (χ4n) is 1.68. The van der Waals surface area contributed by atoms with Crippen LogP contribution >= 0.6 is 0 Å². The van der Waals surface area contributed by atoms with Crippen molar-refractivity contribution in [2.45, 2.75) is 27.3 Å². The van der Waals surface area contributed by atoms with E-state index < -0.39 is 0 Å². The summed E-state index contributed by atoms with van der Waals surface area (Å²) in [6, 6.07) is 3.80. The summed E-state index contributed by atoms with van der Waals surface area (Å²) in [4.78, 5) is 17.1. The molecule has 6 heteroatoms. The summed E-state index contributed by atoms with van der Waals surface area (Å²) in [6.45, 7) is 7.26. The molecule has 0 unspecified atom stereocenters. The number of hydrogen-bond donors (Lipinski definition) is 2. The maximum atomic E-state index is 4.38. The van der Waals surface area contributed by atoms with E-state index in [1.165, 1.54) is 0 Å². The van der Waals surface area contributed by atoms with Gasteiger partial charge >= 0.3 is 0 Å². The second-order valence-electron chi connectivity index (χ2n) is 4.20. The number of aromatic nitrogens is 4. The lowest BCUT2D eigenvalue weighted by Crippen LogP contribution is -2.08. The van der Waals surface area contributed by atoms with E-state index in [2.05, 4.69) is 30.6 Å². The smallest absolute Gasteiger partial charge is 0.224 e. The van der Waals surface area contributed by atoms with Crippen LogP contribution in [0.25, 0.3) is 0 Å². The predicted octanol–water partition coefficient (Wildman–Crippen LogP) is 1.93. The van der Waals surface area contributed by atoms with E-state index in [-0.39, 0.29) is 0 Å². The summed E-state index contributed by atoms with van der Waals surface area (Å²) in [5.41, 5.74) is 1.86. The van der Waals surface area contributed by atoms with E-state index in [1.807, 2.05) is 32.9 Å². The van der Waals surface area contributed by atoms with Gasteiger partial charge in [-0.05, 0) is 26.8 Å². The molecule has 2 aromatic heterocycles. The first-order valence-corrected chi connectivity index (χ1v) is 6.29. The Morgan fingerprint density at radius 1 is 1.11 bits per heavy atom. The molecule has 0 spiro atoms. The SMILES string of the molecule is CCNc1nc(C)cc(NCc2ccnc(C)n2)n1. The molecular formula is C13H18N6. The standard InChI is InChI=1S/C13H18N6/c1-4-14-13-17-9(2)7-12(19-13)16-8-11-5-6-15-10(3)18-11/h5-7H,4,8H2,1-3H3,(H2,14,16,17,19). The van der Waals surface area contributed by atoms with Gasteiger partial charge in [-0.25, -0.2) is 15.0 Å². The first-order valence-electron chi connectivity index (χ1n) is 6.29. The third-order valence-electron chi connectivity index (χ3n) is 2.47. The van der Waals surface area contributed by atoms with Gasteiger partial charge in [0, 0.05) is 24.5 Å². The molecule has 0 atom stereocenters. The Balaban J connectivity index is 2.06. The Bertz CT molecular complexity index is 555. The van der Waals surface area contributed by atoms with Crippen LogP contribution in [-0.2, 0) is 6.54 Å². The summed E-state index contributed by atoms with van der Waals surface area (Å²) in [5.74, 6) is 2.20. The van der Waals surface area contributed by atoms with E-state index >= 15 is 0 Å². The quantitative estimate of drug-likeness (QED) is 0.853. The lowest BCUT2D eigenvalue weighted by atomic mass is 10.3. The molecule has 2 heterocycles. The largest absolute Gasteiger partial charge is 0.364 e. The minimum atomic E-state index is 0.616. The zero-order chi connectivity index (χ0) is 13.7. The molecule has 0 bridgehead atoms. The molecule has 2 aromatic rings. The lowest BCUT2D eigenvalue weighted by Gasteiger charge is -2.08. The van der Waals surface area contributed by atoms with Gasteiger partial charge in [0.05, 0.1) is 12.2 Å². The van der Waals surface area contributed by atoms with Crippen LogP contribution in [0.1, 0.15) is 24.1 Å². The van der Waals surface area contributed by atoms with Crippen molar-refractivity contribution in [2.75, 3.05) is 17.2 Å². The average Bonchev–Trinajstić information content (AvgIpc) is 2.36. The van der Waals surface area contributed by atoms with Crippen molar-refractivity contribution in [3.05, 3.63) is 35.5 Å². The molecule has 0 radical (unpaired) electrons. The van der Waals surface area contributed by atoms with E-state index in [0.29, 0.717) is 12.5 Å². The predicted molar refractivity (Wildman–Crippen MR) is 75.0 cm³/mol. The van der Waals surface area contributed by atoms with Crippen LogP contribution < -0.4 is 10.6 Å². The van der Waals surface area contributed by atoms with Crippen LogP contribution in [0, 0.1) is 13.8 Å². The fraction of sp³-hybridized carbons (Fsp3) is 0.385. The number of hydrogen-bond acceptors (Lipinski definition) is 6. The molecule has 19 heavy (non-hydrogen) atoms. The second kappa shape index (κ2) is 6.08. The summed E-state index contributed by atoms with van der Waals surface area (Å²) in [7, 11) is 0. The van der Waals surface area contributed by atoms with Crippen LogP contribution in [0.3, 0.4) is 0 Å². The van der Waals surface area contributed by atoms with Crippen LogP contribution in [-0.4, -0.2) is 26.5 Å². The normalized spacial score (nSPS) is 10.3. The van der Waals surface area contributed by atoms with Crippen molar-refractivity contribution in [2.24, 2.45) is 0 Å². The zero-order valence-electron chi connectivity index (χ0n) is 11.4. The number of nitrogens with one attached hydrogen (secondary N) is 2. The Morgan fingerprint density at radius 3 is 2.68 bits per heavy atom. The Labute approximate surface area is 112 Å². The minimum absolute atomic E-state index is 0.616. The van der Waals surface area contributed by atoms with Gasteiger partial charge < -0.3 is 10.6 Å². The molecule has 2 N–H and O–H groups in total. The molecule has 0 saturated carbocycles. The lowest BCUT2D eigenvalue weighted by molar-refractivity contribution is 0.944. The Hall–Kier alpha value is -2.24. The van der Waals surface area contributed by atoms with Gasteiger partial charge in [-0.2, -0.15) is 4.98 Å². The molecule has 0 amide bonds.